The molecule has 402 valence electrons. The number of esters is 3. The highest BCUT2D eigenvalue weighted by Gasteiger charge is 2.19. The molecule has 6 heteroatoms. The van der Waals surface area contributed by atoms with Crippen molar-refractivity contribution < 1.29 is 28.6 Å². The first-order valence-electron chi connectivity index (χ1n) is 29.6. The minimum atomic E-state index is -0.828. The largest absolute Gasteiger partial charge is 0.462 e. The lowest BCUT2D eigenvalue weighted by molar-refractivity contribution is -0.166. The summed E-state index contributed by atoms with van der Waals surface area (Å²) in [5.41, 5.74) is 0. The van der Waals surface area contributed by atoms with Gasteiger partial charge in [0, 0.05) is 12.8 Å². The van der Waals surface area contributed by atoms with Crippen molar-refractivity contribution in [3.63, 3.8) is 0 Å². The molecule has 6 nitrogen and oxygen atoms in total. The predicted molar refractivity (Wildman–Crippen MR) is 302 cm³/mol. The first-order chi connectivity index (χ1) is 34.5. The Kier molecular flexibility index (Phi) is 55.3. The van der Waals surface area contributed by atoms with Crippen molar-refractivity contribution in [3.8, 4) is 0 Å². The number of hydrogen-bond acceptors (Lipinski definition) is 6. The fourth-order valence-electron chi connectivity index (χ4n) is 8.26. The average Bonchev–Trinajstić information content (AvgIpc) is 3.36. The summed E-state index contributed by atoms with van der Waals surface area (Å²) in [4.78, 5) is 38.0. The van der Waals surface area contributed by atoms with E-state index in [0.29, 0.717) is 12.8 Å². The third kappa shape index (κ3) is 55.5. The Bertz CT molecular complexity index is 1350. The third-order valence-corrected chi connectivity index (χ3v) is 12.7. The van der Waals surface area contributed by atoms with Gasteiger partial charge in [-0.25, -0.2) is 0 Å². The summed E-state index contributed by atoms with van der Waals surface area (Å²) in [6.07, 6.45) is 76.2. The number of hydrogen-bond donors (Lipinski definition) is 0. The van der Waals surface area contributed by atoms with Crippen molar-refractivity contribution >= 4 is 17.9 Å². The second kappa shape index (κ2) is 58.2. The van der Waals surface area contributed by atoms with E-state index in [2.05, 4.69) is 93.7 Å². The normalized spacial score (nSPS) is 12.7. The molecule has 0 aliphatic rings. The minimum absolute atomic E-state index is 0.0985. The molecule has 0 saturated carbocycles. The van der Waals surface area contributed by atoms with Crippen LogP contribution < -0.4 is 0 Å². The molecule has 0 saturated heterocycles. The van der Waals surface area contributed by atoms with Crippen LogP contribution >= 0.6 is 0 Å². The molecular formula is C64H110O6. The topological polar surface area (TPSA) is 78.9 Å². The van der Waals surface area contributed by atoms with Crippen molar-refractivity contribution in [3.05, 3.63) is 85.1 Å². The van der Waals surface area contributed by atoms with Gasteiger partial charge < -0.3 is 14.2 Å². The van der Waals surface area contributed by atoms with E-state index >= 15 is 0 Å². The molecule has 0 amide bonds. The van der Waals surface area contributed by atoms with Crippen LogP contribution in [0.25, 0.3) is 0 Å². The Morgan fingerprint density at radius 2 is 0.600 bits per heavy atom. The maximum Gasteiger partial charge on any atom is 0.310 e. The summed E-state index contributed by atoms with van der Waals surface area (Å²) in [5, 5.41) is 0. The number of allylic oxidation sites excluding steroid dienone is 13. The van der Waals surface area contributed by atoms with Crippen LogP contribution in [-0.4, -0.2) is 37.2 Å². The summed E-state index contributed by atoms with van der Waals surface area (Å²) in [6.45, 7) is 6.43. The summed E-state index contributed by atoms with van der Waals surface area (Å²) in [7, 11) is 0. The lowest BCUT2D eigenvalue weighted by Crippen LogP contribution is -2.30. The van der Waals surface area contributed by atoms with E-state index < -0.39 is 12.1 Å². The summed E-state index contributed by atoms with van der Waals surface area (Å²) >= 11 is 0. The summed E-state index contributed by atoms with van der Waals surface area (Å²) in [5.74, 6) is -1.04. The summed E-state index contributed by atoms with van der Waals surface area (Å²) in [6, 6.07) is 0. The molecule has 0 spiro atoms. The van der Waals surface area contributed by atoms with E-state index in [9.17, 15) is 14.4 Å². The van der Waals surface area contributed by atoms with E-state index in [1.165, 1.54) is 167 Å². The van der Waals surface area contributed by atoms with Crippen LogP contribution in [-0.2, 0) is 28.6 Å². The molecule has 0 aromatic carbocycles. The van der Waals surface area contributed by atoms with E-state index in [1.54, 1.807) is 6.08 Å². The summed E-state index contributed by atoms with van der Waals surface area (Å²) < 4.78 is 16.7. The fraction of sp³-hybridized carbons (Fsp3) is 0.734. The van der Waals surface area contributed by atoms with E-state index in [0.717, 1.165) is 77.0 Å². The molecule has 1 unspecified atom stereocenters. The molecule has 0 aliphatic heterocycles. The first kappa shape index (κ1) is 66.6. The maximum absolute atomic E-state index is 12.8. The van der Waals surface area contributed by atoms with Crippen LogP contribution in [0, 0.1) is 0 Å². The van der Waals surface area contributed by atoms with Gasteiger partial charge in [0.25, 0.3) is 0 Å². The van der Waals surface area contributed by atoms with E-state index in [1.807, 2.05) is 6.08 Å². The molecule has 0 rings (SSSR count). The zero-order valence-corrected chi connectivity index (χ0v) is 46.0. The quantitative estimate of drug-likeness (QED) is 0.0261. The number of rotatable bonds is 53. The zero-order chi connectivity index (χ0) is 50.7. The molecule has 1 atom stereocenters. The van der Waals surface area contributed by atoms with Gasteiger partial charge in [-0.05, 0) is 77.0 Å². The van der Waals surface area contributed by atoms with Crippen LogP contribution in [0.15, 0.2) is 85.1 Å². The van der Waals surface area contributed by atoms with E-state index in [4.69, 9.17) is 14.2 Å². The van der Waals surface area contributed by atoms with Crippen molar-refractivity contribution in [1.82, 2.24) is 0 Å². The van der Waals surface area contributed by atoms with Gasteiger partial charge in [-0.1, -0.05) is 273 Å². The van der Waals surface area contributed by atoms with Gasteiger partial charge in [0.1, 0.15) is 13.2 Å². The van der Waals surface area contributed by atoms with Crippen LogP contribution in [0.2, 0.25) is 0 Å². The van der Waals surface area contributed by atoms with Gasteiger partial charge >= 0.3 is 17.9 Å². The average molecular weight is 976 g/mol. The third-order valence-electron chi connectivity index (χ3n) is 12.7. The monoisotopic (exact) mass is 975 g/mol. The number of unbranched alkanes of at least 4 members (excludes halogenated alkanes) is 29. The van der Waals surface area contributed by atoms with E-state index in [-0.39, 0.29) is 31.6 Å². The smallest absolute Gasteiger partial charge is 0.310 e. The van der Waals surface area contributed by atoms with Crippen molar-refractivity contribution in [1.29, 1.82) is 0 Å². The molecule has 0 aliphatic carbocycles. The fourth-order valence-corrected chi connectivity index (χ4v) is 8.26. The first-order valence-corrected chi connectivity index (χ1v) is 29.6. The predicted octanol–water partition coefficient (Wildman–Crippen LogP) is 19.9. The van der Waals surface area contributed by atoms with Crippen LogP contribution in [0.5, 0.6) is 0 Å². The van der Waals surface area contributed by atoms with Gasteiger partial charge in [0.05, 0.1) is 6.42 Å². The molecule has 0 aromatic rings. The molecule has 0 aromatic heterocycles. The van der Waals surface area contributed by atoms with Crippen LogP contribution in [0.1, 0.15) is 284 Å². The number of ether oxygens (including phenoxy) is 3. The standard InChI is InChI=1S/C64H110O6/c1-4-7-10-13-16-19-22-24-26-27-28-29-30-31-32-33-34-35-36-37-39-40-42-45-48-51-54-57-63(66)69-60-61(59-68-62(65)56-53-50-47-44-21-18-15-12-9-6-3)70-64(67)58-55-52-49-46-43-41-38-25-23-20-17-14-11-8-5-2/h8,11,17,20,22,24-25,27-28,38,43,46,52,55,61H,4-7,9-10,12-16,18-19,21,23,26,29-37,39-42,44-45,47-51,53-54,56-60H2,1-3H3/b11-8-,20-17-,24-22-,28-27-,38-25-,46-43-,55-52-. The van der Waals surface area contributed by atoms with Gasteiger partial charge in [0.15, 0.2) is 6.10 Å². The zero-order valence-electron chi connectivity index (χ0n) is 46.0. The molecule has 0 bridgehead atoms. The molecule has 0 radical (unpaired) electrons. The second-order valence-electron chi connectivity index (χ2n) is 19.5. The highest BCUT2D eigenvalue weighted by Crippen LogP contribution is 2.16. The van der Waals surface area contributed by atoms with Gasteiger partial charge in [0.2, 0.25) is 0 Å². The van der Waals surface area contributed by atoms with Crippen molar-refractivity contribution in [2.75, 3.05) is 13.2 Å². The minimum Gasteiger partial charge on any atom is -0.462 e. The SMILES string of the molecule is CC/C=C\C/C=C\C/C=C\C/C=C\C/C=C\CC(=O)OC(COC(=O)CCCCCCCCCCCC)COC(=O)CCCCCCCCCCCCCCCCC/C=C\C/C=C\CCCCCCC. The second-order valence-corrected chi connectivity index (χ2v) is 19.5. The maximum atomic E-state index is 12.8. The molecule has 0 N–H and O–H groups in total. The van der Waals surface area contributed by atoms with Gasteiger partial charge in [-0.15, -0.1) is 0 Å². The lowest BCUT2D eigenvalue weighted by Gasteiger charge is -2.18. The molecular weight excluding hydrogens is 865 g/mol. The van der Waals surface area contributed by atoms with Crippen molar-refractivity contribution in [2.45, 2.75) is 290 Å². The Labute approximate surface area is 433 Å². The Balaban J connectivity index is 4.25. The Morgan fingerprint density at radius 1 is 0.314 bits per heavy atom. The highest BCUT2D eigenvalue weighted by atomic mass is 16.6. The van der Waals surface area contributed by atoms with Gasteiger partial charge in [-0.3, -0.25) is 14.4 Å². The lowest BCUT2D eigenvalue weighted by atomic mass is 10.0. The number of carbonyl (C=O) groups excluding carboxylic acids is 3. The van der Waals surface area contributed by atoms with Gasteiger partial charge in [-0.2, -0.15) is 0 Å². The molecule has 0 heterocycles. The van der Waals surface area contributed by atoms with Crippen LogP contribution in [0.3, 0.4) is 0 Å². The number of carbonyl (C=O) groups is 3. The molecule has 70 heavy (non-hydrogen) atoms. The Hall–Kier alpha value is -3.41. The molecule has 0 fully saturated rings. The van der Waals surface area contributed by atoms with Crippen molar-refractivity contribution in [2.24, 2.45) is 0 Å². The van der Waals surface area contributed by atoms with Crippen LogP contribution in [0.4, 0.5) is 0 Å². The highest BCUT2D eigenvalue weighted by molar-refractivity contribution is 5.72. The Morgan fingerprint density at radius 3 is 0.943 bits per heavy atom.